The third-order valence-electron chi connectivity index (χ3n) is 3.25. The summed E-state index contributed by atoms with van der Waals surface area (Å²) >= 11 is 0. The molecule has 22 heavy (non-hydrogen) atoms. The van der Waals surface area contributed by atoms with E-state index in [-0.39, 0.29) is 11.8 Å². The number of anilines is 1. The van der Waals surface area contributed by atoms with E-state index in [9.17, 15) is 9.59 Å². The van der Waals surface area contributed by atoms with Crippen LogP contribution in [0.4, 0.5) is 5.69 Å². The lowest BCUT2D eigenvalue weighted by atomic mass is 10.1. The van der Waals surface area contributed by atoms with Gasteiger partial charge in [0.15, 0.2) is 0 Å². The minimum Gasteiger partial charge on any atom is -0.351 e. The lowest BCUT2D eigenvalue weighted by Crippen LogP contribution is -2.27. The Bertz CT molecular complexity index is 674. The predicted molar refractivity (Wildman–Crippen MR) is 85.0 cm³/mol. The second-order valence-corrected chi connectivity index (χ2v) is 5.11. The molecule has 0 spiro atoms. The third-order valence-corrected chi connectivity index (χ3v) is 3.25. The predicted octanol–water partition coefficient (Wildman–Crippen LogP) is 2.12. The molecule has 0 saturated carbocycles. The molecule has 0 fully saturated rings. The molecule has 0 aliphatic rings. The van der Waals surface area contributed by atoms with Crippen molar-refractivity contribution in [1.29, 1.82) is 0 Å². The molecule has 0 bridgehead atoms. The summed E-state index contributed by atoms with van der Waals surface area (Å²) in [4.78, 5) is 24.4. The summed E-state index contributed by atoms with van der Waals surface area (Å²) in [6.45, 7) is 4.51. The van der Waals surface area contributed by atoms with E-state index in [4.69, 9.17) is 0 Å². The summed E-state index contributed by atoms with van der Waals surface area (Å²) in [5.74, 6) is -0.515. The van der Waals surface area contributed by atoms with Gasteiger partial charge in [0.2, 0.25) is 0 Å². The minimum absolute atomic E-state index is 0.249. The topological polar surface area (TPSA) is 76.0 Å². The van der Waals surface area contributed by atoms with E-state index < -0.39 is 0 Å². The monoisotopic (exact) mass is 300 g/mol. The first-order valence-corrected chi connectivity index (χ1v) is 7.21. The molecule has 0 atom stereocenters. The Kier molecular flexibility index (Phi) is 4.93. The lowest BCUT2D eigenvalue weighted by molar-refractivity contribution is 0.0945. The van der Waals surface area contributed by atoms with Crippen molar-refractivity contribution in [1.82, 2.24) is 15.1 Å². The Hall–Kier alpha value is -2.63. The number of carbonyl (C=O) groups excluding carboxylic acids is 2. The second-order valence-electron chi connectivity index (χ2n) is 5.11. The third kappa shape index (κ3) is 3.52. The molecule has 2 N–H and O–H groups in total. The summed E-state index contributed by atoms with van der Waals surface area (Å²) in [6, 6.07) is 7.23. The van der Waals surface area contributed by atoms with Crippen LogP contribution >= 0.6 is 0 Å². The molecule has 2 aromatic rings. The molecule has 2 rings (SSSR count). The maximum Gasteiger partial charge on any atom is 0.271 e. The van der Waals surface area contributed by atoms with Crippen molar-refractivity contribution in [3.8, 4) is 0 Å². The zero-order valence-electron chi connectivity index (χ0n) is 13.0. The van der Waals surface area contributed by atoms with Gasteiger partial charge >= 0.3 is 0 Å². The average molecular weight is 300 g/mol. The van der Waals surface area contributed by atoms with Gasteiger partial charge in [0.1, 0.15) is 5.69 Å². The van der Waals surface area contributed by atoms with Crippen molar-refractivity contribution in [3.05, 3.63) is 47.3 Å². The van der Waals surface area contributed by atoms with E-state index in [0.717, 1.165) is 12.0 Å². The van der Waals surface area contributed by atoms with E-state index in [1.54, 1.807) is 19.2 Å². The fourth-order valence-electron chi connectivity index (χ4n) is 2.02. The Morgan fingerprint density at radius 1 is 1.18 bits per heavy atom. The van der Waals surface area contributed by atoms with Gasteiger partial charge in [-0.2, -0.15) is 5.10 Å². The summed E-state index contributed by atoms with van der Waals surface area (Å²) in [7, 11) is 1.67. The molecule has 0 saturated heterocycles. The number of hydrogen-bond donors (Lipinski definition) is 2. The van der Waals surface area contributed by atoms with Gasteiger partial charge < -0.3 is 10.6 Å². The van der Waals surface area contributed by atoms with Crippen LogP contribution in [-0.4, -0.2) is 28.1 Å². The molecule has 2 amide bonds. The molecule has 1 heterocycles. The highest BCUT2D eigenvalue weighted by molar-refractivity contribution is 6.08. The van der Waals surface area contributed by atoms with Crippen LogP contribution in [0.3, 0.4) is 0 Å². The van der Waals surface area contributed by atoms with Crippen LogP contribution in [0.2, 0.25) is 0 Å². The highest BCUT2D eigenvalue weighted by atomic mass is 16.2. The van der Waals surface area contributed by atoms with Gasteiger partial charge in [-0.1, -0.05) is 24.6 Å². The van der Waals surface area contributed by atoms with Crippen LogP contribution in [0, 0.1) is 6.92 Å². The summed E-state index contributed by atoms with van der Waals surface area (Å²) < 4.78 is 1.45. The number of benzene rings is 1. The van der Waals surface area contributed by atoms with Crippen molar-refractivity contribution in [3.63, 3.8) is 0 Å². The number of nitrogens with zero attached hydrogens (tertiary/aromatic N) is 2. The number of rotatable bonds is 5. The molecular formula is C16H20N4O2. The van der Waals surface area contributed by atoms with E-state index in [2.05, 4.69) is 15.7 Å². The molecule has 0 aliphatic heterocycles. The normalized spacial score (nSPS) is 10.3. The average Bonchev–Trinajstić information content (AvgIpc) is 2.86. The van der Waals surface area contributed by atoms with Gasteiger partial charge in [-0.05, 0) is 25.5 Å². The first-order valence-electron chi connectivity index (χ1n) is 7.21. The standard InChI is InChI=1S/C16H20N4O2/c1-4-9-17-16(22)14-13(10-18-20(14)3)19-15(21)12-7-5-11(2)6-8-12/h5-8,10H,4,9H2,1-3H3,(H,17,22)(H,19,21). The van der Waals surface area contributed by atoms with Crippen molar-refractivity contribution in [2.75, 3.05) is 11.9 Å². The molecule has 1 aromatic heterocycles. The largest absolute Gasteiger partial charge is 0.351 e. The highest BCUT2D eigenvalue weighted by Crippen LogP contribution is 2.15. The first kappa shape index (κ1) is 15.8. The number of aryl methyl sites for hydroxylation is 2. The summed E-state index contributed by atoms with van der Waals surface area (Å²) in [5, 5.41) is 9.57. The van der Waals surface area contributed by atoms with Crippen LogP contribution in [0.5, 0.6) is 0 Å². The maximum atomic E-state index is 12.2. The number of aromatic nitrogens is 2. The lowest BCUT2D eigenvalue weighted by Gasteiger charge is -2.08. The summed E-state index contributed by atoms with van der Waals surface area (Å²) in [6.07, 6.45) is 2.32. The first-order chi connectivity index (χ1) is 10.5. The van der Waals surface area contributed by atoms with Gasteiger partial charge in [-0.25, -0.2) is 0 Å². The molecule has 0 unspecified atom stereocenters. The zero-order valence-corrected chi connectivity index (χ0v) is 13.0. The molecule has 1 aromatic carbocycles. The number of nitrogens with one attached hydrogen (secondary N) is 2. The van der Waals surface area contributed by atoms with Crippen molar-refractivity contribution in [2.45, 2.75) is 20.3 Å². The number of carbonyl (C=O) groups is 2. The van der Waals surface area contributed by atoms with Gasteiger partial charge in [0, 0.05) is 19.2 Å². The Morgan fingerprint density at radius 2 is 1.86 bits per heavy atom. The summed E-state index contributed by atoms with van der Waals surface area (Å²) in [5.41, 5.74) is 2.36. The van der Waals surface area contributed by atoms with E-state index in [0.29, 0.717) is 23.5 Å². The fraction of sp³-hybridized carbons (Fsp3) is 0.312. The SMILES string of the molecule is CCCNC(=O)c1c(NC(=O)c2ccc(C)cc2)cnn1C. The van der Waals surface area contributed by atoms with Crippen molar-refractivity contribution < 1.29 is 9.59 Å². The molecular weight excluding hydrogens is 280 g/mol. The zero-order chi connectivity index (χ0) is 16.1. The van der Waals surface area contributed by atoms with Crippen LogP contribution in [-0.2, 0) is 7.05 Å². The smallest absolute Gasteiger partial charge is 0.271 e. The van der Waals surface area contributed by atoms with Crippen LogP contribution in [0.25, 0.3) is 0 Å². The fourth-order valence-corrected chi connectivity index (χ4v) is 2.02. The van der Waals surface area contributed by atoms with Gasteiger partial charge in [-0.15, -0.1) is 0 Å². The minimum atomic E-state index is -0.266. The van der Waals surface area contributed by atoms with Gasteiger partial charge in [-0.3, -0.25) is 14.3 Å². The molecule has 0 aliphatic carbocycles. The van der Waals surface area contributed by atoms with Crippen LogP contribution < -0.4 is 10.6 Å². The molecule has 116 valence electrons. The van der Waals surface area contributed by atoms with Crippen LogP contribution in [0.1, 0.15) is 39.8 Å². The molecule has 6 heteroatoms. The number of hydrogen-bond acceptors (Lipinski definition) is 3. The van der Waals surface area contributed by atoms with Gasteiger partial charge in [0.25, 0.3) is 11.8 Å². The second kappa shape index (κ2) is 6.89. The quantitative estimate of drug-likeness (QED) is 0.888. The maximum absolute atomic E-state index is 12.2. The Labute approximate surface area is 129 Å². The Morgan fingerprint density at radius 3 is 2.50 bits per heavy atom. The molecule has 6 nitrogen and oxygen atoms in total. The molecule has 0 radical (unpaired) electrons. The van der Waals surface area contributed by atoms with Crippen molar-refractivity contribution in [2.24, 2.45) is 7.05 Å². The van der Waals surface area contributed by atoms with Crippen molar-refractivity contribution >= 4 is 17.5 Å². The van der Waals surface area contributed by atoms with E-state index in [1.165, 1.54) is 10.9 Å². The number of amides is 2. The van der Waals surface area contributed by atoms with E-state index >= 15 is 0 Å². The Balaban J connectivity index is 2.17. The van der Waals surface area contributed by atoms with Crippen LogP contribution in [0.15, 0.2) is 30.5 Å². The highest BCUT2D eigenvalue weighted by Gasteiger charge is 2.18. The van der Waals surface area contributed by atoms with Gasteiger partial charge in [0.05, 0.1) is 11.9 Å². The van der Waals surface area contributed by atoms with E-state index in [1.807, 2.05) is 26.0 Å².